The standard InChI is InChI=1S/C39H60O7/c1-30(40)15-5-2-3-8-18-33-34(25-24-32(44-37-19-9-12-26-41-37)23-22-31-16-6-4-7-17-31)36(46-39-21-11-14-28-43-39)29-35(33)45-38-20-10-13-27-42-38/h3-4,6-8,16-17,32-39H,2,5,9-15,18-29H2,1H3/b8-3-/t32-,33+,34+,35?,36+,37?,38?,39?/m0/s1. The highest BCUT2D eigenvalue weighted by atomic mass is 16.7. The number of aryl methyl sites for hydroxylation is 1. The van der Waals surface area contributed by atoms with E-state index in [-0.39, 0.29) is 43.0 Å². The summed E-state index contributed by atoms with van der Waals surface area (Å²) in [7, 11) is 0. The van der Waals surface area contributed by atoms with Gasteiger partial charge in [0.2, 0.25) is 0 Å². The lowest BCUT2D eigenvalue weighted by Gasteiger charge is -2.33. The quantitative estimate of drug-likeness (QED) is 0.118. The van der Waals surface area contributed by atoms with E-state index in [1.165, 1.54) is 12.0 Å². The number of hydrogen-bond acceptors (Lipinski definition) is 7. The second kappa shape index (κ2) is 20.0. The van der Waals surface area contributed by atoms with Crippen LogP contribution in [0.5, 0.6) is 0 Å². The Bertz CT molecular complexity index is 997. The van der Waals surface area contributed by atoms with Crippen LogP contribution in [-0.2, 0) is 39.6 Å². The molecule has 46 heavy (non-hydrogen) atoms. The van der Waals surface area contributed by atoms with Crippen molar-refractivity contribution < 1.29 is 33.2 Å². The Morgan fingerprint density at radius 2 is 1.43 bits per heavy atom. The fraction of sp³-hybridized carbons (Fsp3) is 0.769. The number of Topliss-reactive ketones (excluding diaryl/α,β-unsaturated/α-hetero) is 1. The molecular weight excluding hydrogens is 580 g/mol. The molecule has 4 unspecified atom stereocenters. The summed E-state index contributed by atoms with van der Waals surface area (Å²) in [6.07, 6.45) is 22.5. The van der Waals surface area contributed by atoms with Crippen molar-refractivity contribution in [3.05, 3.63) is 48.0 Å². The number of allylic oxidation sites excluding steroid dienone is 2. The molecule has 8 atom stereocenters. The Morgan fingerprint density at radius 3 is 2.04 bits per heavy atom. The zero-order valence-electron chi connectivity index (χ0n) is 28.4. The molecule has 5 rings (SSSR count). The van der Waals surface area contributed by atoms with Gasteiger partial charge in [0.1, 0.15) is 5.78 Å². The number of benzene rings is 1. The van der Waals surface area contributed by atoms with Gasteiger partial charge in [0, 0.05) is 32.7 Å². The van der Waals surface area contributed by atoms with Crippen LogP contribution in [0.4, 0.5) is 0 Å². The first-order chi connectivity index (χ1) is 22.6. The van der Waals surface area contributed by atoms with E-state index in [1.54, 1.807) is 6.92 Å². The average molecular weight is 641 g/mol. The molecule has 4 fully saturated rings. The van der Waals surface area contributed by atoms with Gasteiger partial charge in [0.15, 0.2) is 18.9 Å². The number of unbranched alkanes of at least 4 members (excludes halogenated alkanes) is 1. The minimum absolute atomic E-state index is 0.0773. The fourth-order valence-corrected chi connectivity index (χ4v) is 7.70. The summed E-state index contributed by atoms with van der Waals surface area (Å²) in [5, 5.41) is 0. The van der Waals surface area contributed by atoms with Crippen molar-refractivity contribution in [3.63, 3.8) is 0 Å². The first-order valence-electron chi connectivity index (χ1n) is 18.6. The SMILES string of the molecule is CC(=O)CCC/C=C\C[C@H]1C(OC2CCCCO2)C[C@@H](OC2CCCCO2)[C@@H]1CC[C@H](CCc1ccccc1)OC1CCCCO1. The van der Waals surface area contributed by atoms with Gasteiger partial charge in [-0.3, -0.25) is 0 Å². The lowest BCUT2D eigenvalue weighted by Crippen LogP contribution is -2.33. The van der Waals surface area contributed by atoms with Crippen molar-refractivity contribution in [3.8, 4) is 0 Å². The van der Waals surface area contributed by atoms with Crippen LogP contribution in [0.1, 0.15) is 122 Å². The molecule has 0 radical (unpaired) electrons. The molecule has 1 aromatic carbocycles. The minimum atomic E-state index is -0.130. The van der Waals surface area contributed by atoms with Crippen molar-refractivity contribution in [1.29, 1.82) is 0 Å². The summed E-state index contributed by atoms with van der Waals surface area (Å²) in [6.45, 7) is 4.02. The zero-order chi connectivity index (χ0) is 31.8. The van der Waals surface area contributed by atoms with E-state index in [2.05, 4.69) is 42.5 Å². The molecule has 7 heteroatoms. The zero-order valence-corrected chi connectivity index (χ0v) is 28.4. The fourth-order valence-electron chi connectivity index (χ4n) is 7.70. The molecular formula is C39H60O7. The van der Waals surface area contributed by atoms with Gasteiger partial charge in [-0.1, -0.05) is 42.5 Å². The molecule has 0 aromatic heterocycles. The largest absolute Gasteiger partial charge is 0.353 e. The normalized spacial score (nSPS) is 31.3. The van der Waals surface area contributed by atoms with E-state index < -0.39 is 0 Å². The third-order valence-electron chi connectivity index (χ3n) is 10.3. The minimum Gasteiger partial charge on any atom is -0.353 e. The number of ether oxygens (including phenoxy) is 6. The van der Waals surface area contributed by atoms with Gasteiger partial charge in [0.05, 0.1) is 18.3 Å². The predicted molar refractivity (Wildman–Crippen MR) is 179 cm³/mol. The number of ketones is 1. The molecule has 0 bridgehead atoms. The molecule has 3 heterocycles. The third-order valence-corrected chi connectivity index (χ3v) is 10.3. The lowest BCUT2D eigenvalue weighted by molar-refractivity contribution is -0.205. The lowest BCUT2D eigenvalue weighted by atomic mass is 9.85. The summed E-state index contributed by atoms with van der Waals surface area (Å²) in [5.74, 6) is 0.915. The highest BCUT2D eigenvalue weighted by Gasteiger charge is 2.46. The topological polar surface area (TPSA) is 72.5 Å². The molecule has 1 aromatic rings. The second-order valence-electron chi connectivity index (χ2n) is 14.0. The highest BCUT2D eigenvalue weighted by Crippen LogP contribution is 2.44. The van der Waals surface area contributed by atoms with E-state index in [0.717, 1.165) is 123 Å². The van der Waals surface area contributed by atoms with Crippen molar-refractivity contribution in [1.82, 2.24) is 0 Å². The highest BCUT2D eigenvalue weighted by molar-refractivity contribution is 5.75. The van der Waals surface area contributed by atoms with Crippen LogP contribution in [0.25, 0.3) is 0 Å². The maximum absolute atomic E-state index is 11.4. The monoisotopic (exact) mass is 640 g/mol. The molecule has 7 nitrogen and oxygen atoms in total. The van der Waals surface area contributed by atoms with Crippen LogP contribution in [-0.4, -0.2) is 62.8 Å². The molecule has 4 aliphatic rings. The van der Waals surface area contributed by atoms with Gasteiger partial charge in [-0.15, -0.1) is 0 Å². The summed E-state index contributed by atoms with van der Waals surface area (Å²) in [5.41, 5.74) is 1.35. The van der Waals surface area contributed by atoms with Crippen LogP contribution in [0.2, 0.25) is 0 Å². The molecule has 0 amide bonds. The Morgan fingerprint density at radius 1 is 0.804 bits per heavy atom. The number of rotatable bonds is 18. The Hall–Kier alpha value is -1.61. The van der Waals surface area contributed by atoms with Crippen LogP contribution < -0.4 is 0 Å². The summed E-state index contributed by atoms with van der Waals surface area (Å²) in [6, 6.07) is 10.8. The molecule has 3 aliphatic heterocycles. The van der Waals surface area contributed by atoms with E-state index >= 15 is 0 Å². The first-order valence-corrected chi connectivity index (χ1v) is 18.6. The van der Waals surface area contributed by atoms with E-state index in [9.17, 15) is 4.79 Å². The van der Waals surface area contributed by atoms with Gasteiger partial charge in [-0.25, -0.2) is 0 Å². The van der Waals surface area contributed by atoms with Gasteiger partial charge >= 0.3 is 0 Å². The van der Waals surface area contributed by atoms with Gasteiger partial charge in [0.25, 0.3) is 0 Å². The molecule has 1 saturated carbocycles. The maximum atomic E-state index is 11.4. The summed E-state index contributed by atoms with van der Waals surface area (Å²) < 4.78 is 38.5. The summed E-state index contributed by atoms with van der Waals surface area (Å²) in [4.78, 5) is 11.4. The third kappa shape index (κ3) is 12.1. The van der Waals surface area contributed by atoms with Crippen LogP contribution in [0.3, 0.4) is 0 Å². The van der Waals surface area contributed by atoms with Gasteiger partial charge in [-0.2, -0.15) is 0 Å². The number of carbonyl (C=O) groups excluding carboxylic acids is 1. The maximum Gasteiger partial charge on any atom is 0.157 e. The first kappa shape index (κ1) is 35.7. The smallest absolute Gasteiger partial charge is 0.157 e. The Labute approximate surface area is 278 Å². The van der Waals surface area contributed by atoms with E-state index in [1.807, 2.05) is 0 Å². The predicted octanol–water partition coefficient (Wildman–Crippen LogP) is 8.48. The second-order valence-corrected chi connectivity index (χ2v) is 14.0. The van der Waals surface area contributed by atoms with Gasteiger partial charge in [-0.05, 0) is 127 Å². The van der Waals surface area contributed by atoms with Crippen molar-refractivity contribution in [2.75, 3.05) is 19.8 Å². The van der Waals surface area contributed by atoms with Crippen molar-refractivity contribution in [2.45, 2.75) is 160 Å². The Balaban J connectivity index is 1.29. The number of carbonyl (C=O) groups is 1. The van der Waals surface area contributed by atoms with E-state index in [0.29, 0.717) is 18.3 Å². The molecule has 258 valence electrons. The summed E-state index contributed by atoms with van der Waals surface area (Å²) >= 11 is 0. The van der Waals surface area contributed by atoms with Crippen LogP contribution in [0, 0.1) is 11.8 Å². The molecule has 0 N–H and O–H groups in total. The average Bonchev–Trinajstić information content (AvgIpc) is 3.40. The molecule has 3 saturated heterocycles. The van der Waals surface area contributed by atoms with Crippen molar-refractivity contribution in [2.24, 2.45) is 11.8 Å². The van der Waals surface area contributed by atoms with E-state index in [4.69, 9.17) is 28.4 Å². The van der Waals surface area contributed by atoms with Gasteiger partial charge < -0.3 is 33.2 Å². The van der Waals surface area contributed by atoms with Crippen LogP contribution in [0.15, 0.2) is 42.5 Å². The van der Waals surface area contributed by atoms with Crippen LogP contribution >= 0.6 is 0 Å². The Kier molecular flexibility index (Phi) is 15.5. The number of hydrogen-bond donors (Lipinski definition) is 0. The van der Waals surface area contributed by atoms with Crippen molar-refractivity contribution >= 4 is 5.78 Å². The molecule has 1 aliphatic carbocycles. The molecule has 0 spiro atoms.